The number of anilines is 2. The van der Waals surface area contributed by atoms with Crippen molar-refractivity contribution in [2.75, 3.05) is 23.3 Å². The van der Waals surface area contributed by atoms with Gasteiger partial charge in [-0.05, 0) is 55.3 Å². The van der Waals surface area contributed by atoms with Gasteiger partial charge in [0.25, 0.3) is 0 Å². The quantitative estimate of drug-likeness (QED) is 0.507. The Morgan fingerprint density at radius 2 is 1.82 bits per heavy atom. The number of pyridine rings is 1. The van der Waals surface area contributed by atoms with Crippen LogP contribution in [0.15, 0.2) is 66.9 Å². The van der Waals surface area contributed by atoms with Crippen molar-refractivity contribution < 1.29 is 18.4 Å². The monoisotopic (exact) mass is 482 g/mol. The Kier molecular flexibility index (Phi) is 5.69. The molecule has 174 valence electrons. The van der Waals surface area contributed by atoms with Crippen molar-refractivity contribution in [3.63, 3.8) is 0 Å². The summed E-state index contributed by atoms with van der Waals surface area (Å²) in [7, 11) is 0. The van der Waals surface area contributed by atoms with Gasteiger partial charge >= 0.3 is 6.03 Å². The largest absolute Gasteiger partial charge is 0.324 e. The topological polar surface area (TPSA) is 65.5 Å². The van der Waals surface area contributed by atoms with E-state index in [0.29, 0.717) is 36.6 Å². The Morgan fingerprint density at radius 3 is 2.50 bits per heavy atom. The second kappa shape index (κ2) is 8.68. The first kappa shape index (κ1) is 22.3. The highest BCUT2D eigenvalue weighted by Gasteiger charge is 2.62. The van der Waals surface area contributed by atoms with E-state index in [9.17, 15) is 18.4 Å². The lowest BCUT2D eigenvalue weighted by atomic mass is 9.63. The van der Waals surface area contributed by atoms with Crippen LogP contribution in [0, 0.1) is 17.0 Å². The molecule has 1 aromatic heterocycles. The van der Waals surface area contributed by atoms with Gasteiger partial charge in [-0.1, -0.05) is 23.7 Å². The molecule has 1 atom stereocenters. The molecule has 6 nitrogen and oxygen atoms in total. The molecule has 2 saturated heterocycles. The summed E-state index contributed by atoms with van der Waals surface area (Å²) in [5.74, 6) is -2.04. The van der Waals surface area contributed by atoms with Crippen LogP contribution in [0.5, 0.6) is 0 Å². The molecule has 2 aromatic carbocycles. The van der Waals surface area contributed by atoms with Gasteiger partial charge in [-0.2, -0.15) is 0 Å². The number of hydrogen-bond acceptors (Lipinski definition) is 3. The fourth-order valence-electron chi connectivity index (χ4n) is 4.87. The maximum atomic E-state index is 13.5. The Morgan fingerprint density at radius 1 is 1.03 bits per heavy atom. The fourth-order valence-corrected chi connectivity index (χ4v) is 5.06. The standard InChI is InChI=1S/C25H21ClF2N4O2/c26-16-4-3-5-18(14-16)32-22(21-6-1-2-11-29-21)25(23(32)33)9-12-31(13-10-25)24(34)30-17-7-8-19(27)20(28)15-17/h1-8,11,14-15,22H,9-10,12-13H2,(H,30,34). The molecule has 1 spiro atoms. The minimum absolute atomic E-state index is 0.0221. The highest BCUT2D eigenvalue weighted by molar-refractivity contribution is 6.31. The van der Waals surface area contributed by atoms with Gasteiger partial charge in [-0.3, -0.25) is 9.78 Å². The summed E-state index contributed by atoms with van der Waals surface area (Å²) >= 11 is 6.18. The number of aromatic nitrogens is 1. The Balaban J connectivity index is 1.35. The number of urea groups is 1. The highest BCUT2D eigenvalue weighted by atomic mass is 35.5. The van der Waals surface area contributed by atoms with Crippen LogP contribution < -0.4 is 10.2 Å². The molecule has 9 heteroatoms. The van der Waals surface area contributed by atoms with Crippen LogP contribution in [0.2, 0.25) is 5.02 Å². The number of β-lactam (4-membered cyclic amide) rings is 1. The van der Waals surface area contributed by atoms with E-state index in [-0.39, 0.29) is 17.6 Å². The molecule has 1 unspecified atom stereocenters. The molecule has 34 heavy (non-hydrogen) atoms. The third-order valence-corrected chi connectivity index (χ3v) is 6.83. The van der Waals surface area contributed by atoms with Gasteiger partial charge in [0.05, 0.1) is 17.2 Å². The molecule has 3 heterocycles. The van der Waals surface area contributed by atoms with E-state index >= 15 is 0 Å². The predicted molar refractivity (Wildman–Crippen MR) is 125 cm³/mol. The molecule has 0 aliphatic carbocycles. The summed E-state index contributed by atoms with van der Waals surface area (Å²) in [6, 6.07) is 15.3. The van der Waals surface area contributed by atoms with Gasteiger partial charge in [-0.25, -0.2) is 13.6 Å². The zero-order valence-corrected chi connectivity index (χ0v) is 18.8. The van der Waals surface area contributed by atoms with Crippen molar-refractivity contribution in [2.24, 2.45) is 5.41 Å². The van der Waals surface area contributed by atoms with Gasteiger partial charge < -0.3 is 15.1 Å². The summed E-state index contributed by atoms with van der Waals surface area (Å²) in [4.78, 5) is 34.1. The molecule has 2 aliphatic heterocycles. The second-order valence-corrected chi connectivity index (χ2v) is 8.95. The average Bonchev–Trinajstić information content (AvgIpc) is 2.85. The molecule has 3 amide bonds. The van der Waals surface area contributed by atoms with Crippen LogP contribution in [0.1, 0.15) is 24.6 Å². The van der Waals surface area contributed by atoms with Crippen LogP contribution in [0.25, 0.3) is 0 Å². The SMILES string of the molecule is O=C(Nc1ccc(F)c(F)c1)N1CCC2(CC1)C(=O)N(c1cccc(Cl)c1)C2c1ccccn1. The first-order chi connectivity index (χ1) is 16.4. The molecular formula is C25H21ClF2N4O2. The Labute approximate surface area is 200 Å². The maximum Gasteiger partial charge on any atom is 0.321 e. The molecule has 2 fully saturated rings. The third kappa shape index (κ3) is 3.77. The number of halogens is 3. The summed E-state index contributed by atoms with van der Waals surface area (Å²) in [6.07, 6.45) is 2.61. The van der Waals surface area contributed by atoms with Crippen molar-refractivity contribution in [1.82, 2.24) is 9.88 Å². The first-order valence-electron chi connectivity index (χ1n) is 10.9. The van der Waals surface area contributed by atoms with Crippen molar-refractivity contribution >= 4 is 34.9 Å². The summed E-state index contributed by atoms with van der Waals surface area (Å²) < 4.78 is 26.6. The van der Waals surface area contributed by atoms with Crippen molar-refractivity contribution in [3.8, 4) is 0 Å². The number of nitrogens with zero attached hydrogens (tertiary/aromatic N) is 3. The van der Waals surface area contributed by atoms with Crippen LogP contribution in [-0.4, -0.2) is 34.9 Å². The molecule has 2 aliphatic rings. The molecule has 0 saturated carbocycles. The number of nitrogens with one attached hydrogen (secondary N) is 1. The zero-order valence-electron chi connectivity index (χ0n) is 18.0. The van der Waals surface area contributed by atoms with E-state index in [1.54, 1.807) is 34.2 Å². The van der Waals surface area contributed by atoms with Crippen molar-refractivity contribution in [2.45, 2.75) is 18.9 Å². The number of piperidine rings is 1. The summed E-state index contributed by atoms with van der Waals surface area (Å²) in [5.41, 5.74) is 0.969. The zero-order chi connectivity index (χ0) is 23.9. The van der Waals surface area contributed by atoms with E-state index in [1.165, 1.54) is 6.07 Å². The van der Waals surface area contributed by atoms with Crippen LogP contribution in [0.4, 0.5) is 25.0 Å². The number of benzene rings is 2. The Bertz CT molecular complexity index is 1250. The van der Waals surface area contributed by atoms with Gasteiger partial charge in [0, 0.05) is 41.8 Å². The summed E-state index contributed by atoms with van der Waals surface area (Å²) in [6.45, 7) is 0.682. The lowest BCUT2D eigenvalue weighted by molar-refractivity contribution is -0.144. The highest BCUT2D eigenvalue weighted by Crippen LogP contribution is 2.57. The van der Waals surface area contributed by atoms with E-state index in [2.05, 4.69) is 10.3 Å². The molecule has 0 bridgehead atoms. The lowest BCUT2D eigenvalue weighted by Gasteiger charge is -2.58. The number of rotatable bonds is 3. The normalized spacial score (nSPS) is 19.1. The summed E-state index contributed by atoms with van der Waals surface area (Å²) in [5, 5.41) is 3.13. The van der Waals surface area contributed by atoms with E-state index in [0.717, 1.165) is 17.8 Å². The minimum Gasteiger partial charge on any atom is -0.324 e. The van der Waals surface area contributed by atoms with Gasteiger partial charge in [-0.15, -0.1) is 0 Å². The number of amides is 3. The number of carbonyl (C=O) groups is 2. The number of likely N-dealkylation sites (tertiary alicyclic amines) is 1. The number of carbonyl (C=O) groups excluding carboxylic acids is 2. The molecule has 1 N–H and O–H groups in total. The van der Waals surface area contributed by atoms with Gasteiger partial charge in [0.15, 0.2) is 11.6 Å². The van der Waals surface area contributed by atoms with Crippen LogP contribution in [-0.2, 0) is 4.79 Å². The molecule has 3 aromatic rings. The average molecular weight is 483 g/mol. The van der Waals surface area contributed by atoms with Gasteiger partial charge in [0.1, 0.15) is 0 Å². The van der Waals surface area contributed by atoms with Crippen LogP contribution in [0.3, 0.4) is 0 Å². The molecular weight excluding hydrogens is 462 g/mol. The number of hydrogen-bond donors (Lipinski definition) is 1. The van der Waals surface area contributed by atoms with Crippen molar-refractivity contribution in [3.05, 3.63) is 89.2 Å². The predicted octanol–water partition coefficient (Wildman–Crippen LogP) is 5.42. The smallest absolute Gasteiger partial charge is 0.321 e. The van der Waals surface area contributed by atoms with Gasteiger partial charge in [0.2, 0.25) is 5.91 Å². The molecule has 0 radical (unpaired) electrons. The van der Waals surface area contributed by atoms with Crippen molar-refractivity contribution in [1.29, 1.82) is 0 Å². The second-order valence-electron chi connectivity index (χ2n) is 8.51. The van der Waals surface area contributed by atoms with E-state index in [1.807, 2.05) is 24.3 Å². The van der Waals surface area contributed by atoms with Crippen LogP contribution >= 0.6 is 11.6 Å². The minimum atomic E-state index is -1.03. The third-order valence-electron chi connectivity index (χ3n) is 6.59. The Hall–Kier alpha value is -3.52. The van der Waals surface area contributed by atoms with E-state index in [4.69, 9.17) is 11.6 Å². The first-order valence-corrected chi connectivity index (χ1v) is 11.3. The van der Waals surface area contributed by atoms with E-state index < -0.39 is 23.1 Å². The lowest BCUT2D eigenvalue weighted by Crippen LogP contribution is -2.67. The fraction of sp³-hybridized carbons (Fsp3) is 0.240. The maximum absolute atomic E-state index is 13.5. The molecule has 5 rings (SSSR count).